The molecule has 0 radical (unpaired) electrons. The van der Waals surface area contributed by atoms with Gasteiger partial charge in [0.05, 0.1) is 0 Å². The van der Waals surface area contributed by atoms with Crippen molar-refractivity contribution in [2.45, 2.75) is 24.4 Å². The average Bonchev–Trinajstić information content (AvgIpc) is 2.33. The predicted octanol–water partition coefficient (Wildman–Crippen LogP) is 2.73. The Morgan fingerprint density at radius 3 is 2.76 bits per heavy atom. The zero-order valence-corrected chi connectivity index (χ0v) is 12.0. The largest absolute Gasteiger partial charge is 0.383 e. The van der Waals surface area contributed by atoms with Gasteiger partial charge in [-0.2, -0.15) is 11.8 Å². The fourth-order valence-corrected chi connectivity index (χ4v) is 2.27. The van der Waals surface area contributed by atoms with Crippen LogP contribution in [0.5, 0.6) is 0 Å². The maximum Gasteiger partial charge on any atom is 0.191 e. The number of hydrogen-bond acceptors (Lipinski definition) is 6. The normalized spacial score (nSPS) is 10.5. The number of nitrogens with two attached hydrogens (primary N) is 1. The van der Waals surface area contributed by atoms with E-state index in [2.05, 4.69) is 21.5 Å². The second kappa shape index (κ2) is 8.47. The number of rotatable bonds is 8. The van der Waals surface area contributed by atoms with E-state index in [0.717, 1.165) is 17.5 Å². The Morgan fingerprint density at radius 1 is 1.24 bits per heavy atom. The fourth-order valence-electron chi connectivity index (χ4n) is 1.39. The zero-order chi connectivity index (χ0) is 12.5. The number of thioether (sulfide) groups is 2. The van der Waals surface area contributed by atoms with E-state index in [9.17, 15) is 0 Å². The van der Waals surface area contributed by atoms with Crippen molar-refractivity contribution >= 4 is 35.2 Å². The molecule has 1 aromatic heterocycles. The highest BCUT2D eigenvalue weighted by Crippen LogP contribution is 2.15. The molecule has 0 fully saturated rings. The maximum absolute atomic E-state index is 5.70. The van der Waals surface area contributed by atoms with Gasteiger partial charge in [-0.05, 0) is 31.1 Å². The number of aromatic nitrogens is 2. The van der Waals surface area contributed by atoms with Gasteiger partial charge in [-0.3, -0.25) is 0 Å². The third-order valence-electron chi connectivity index (χ3n) is 2.24. The van der Waals surface area contributed by atoms with Crippen LogP contribution >= 0.6 is 23.5 Å². The Hall–Kier alpha value is -0.620. The van der Waals surface area contributed by atoms with Gasteiger partial charge in [-0.15, -0.1) is 0 Å². The summed E-state index contributed by atoms with van der Waals surface area (Å²) < 4.78 is 0. The molecule has 6 heteroatoms. The number of hydrogen-bond donors (Lipinski definition) is 2. The second-order valence-electron chi connectivity index (χ2n) is 3.64. The van der Waals surface area contributed by atoms with E-state index in [1.165, 1.54) is 36.8 Å². The number of nitrogen functional groups attached to an aromatic ring is 1. The van der Waals surface area contributed by atoms with Crippen molar-refractivity contribution in [1.82, 2.24) is 9.97 Å². The molecule has 3 N–H and O–H groups in total. The van der Waals surface area contributed by atoms with Crippen molar-refractivity contribution in [3.05, 3.63) is 6.07 Å². The summed E-state index contributed by atoms with van der Waals surface area (Å²) in [7, 11) is 0. The van der Waals surface area contributed by atoms with E-state index in [0.29, 0.717) is 5.82 Å². The summed E-state index contributed by atoms with van der Waals surface area (Å²) in [6.45, 7) is 0.943. The lowest BCUT2D eigenvalue weighted by Gasteiger charge is -2.07. The number of nitrogens with zero attached hydrogens (tertiary/aromatic N) is 2. The molecule has 0 aliphatic rings. The van der Waals surface area contributed by atoms with E-state index in [1.807, 2.05) is 18.0 Å². The van der Waals surface area contributed by atoms with Crippen molar-refractivity contribution in [2.75, 3.05) is 35.9 Å². The highest BCUT2D eigenvalue weighted by atomic mass is 32.2. The Bertz CT molecular complexity index is 333. The van der Waals surface area contributed by atoms with Crippen LogP contribution in [-0.4, -0.2) is 34.8 Å². The van der Waals surface area contributed by atoms with Crippen LogP contribution in [0.1, 0.15) is 19.3 Å². The van der Waals surface area contributed by atoms with Crippen LogP contribution in [0.4, 0.5) is 11.6 Å². The average molecular weight is 272 g/mol. The number of unbranched alkanes of at least 4 members (excludes halogenated alkanes) is 2. The third-order valence-corrected chi connectivity index (χ3v) is 3.48. The van der Waals surface area contributed by atoms with E-state index in [-0.39, 0.29) is 0 Å². The summed E-state index contributed by atoms with van der Waals surface area (Å²) in [6.07, 6.45) is 7.79. The lowest BCUT2D eigenvalue weighted by molar-refractivity contribution is 0.747. The molecule has 0 aliphatic carbocycles. The topological polar surface area (TPSA) is 63.8 Å². The summed E-state index contributed by atoms with van der Waals surface area (Å²) in [5.41, 5.74) is 5.70. The Morgan fingerprint density at radius 2 is 2.06 bits per heavy atom. The first-order chi connectivity index (χ1) is 8.26. The van der Waals surface area contributed by atoms with E-state index >= 15 is 0 Å². The second-order valence-corrected chi connectivity index (χ2v) is 5.40. The summed E-state index contributed by atoms with van der Waals surface area (Å²) >= 11 is 3.41. The molecule has 0 spiro atoms. The summed E-state index contributed by atoms with van der Waals surface area (Å²) in [6, 6.07) is 1.78. The lowest BCUT2D eigenvalue weighted by atomic mass is 10.2. The van der Waals surface area contributed by atoms with E-state index in [4.69, 9.17) is 5.73 Å². The summed E-state index contributed by atoms with van der Waals surface area (Å²) in [4.78, 5) is 8.45. The van der Waals surface area contributed by atoms with Crippen molar-refractivity contribution < 1.29 is 0 Å². The Labute approximate surface area is 112 Å². The molecular formula is C11H20N4S2. The SMILES string of the molecule is CSCCCCCNc1cc(N)nc(SC)n1. The standard InChI is InChI=1S/C11H20N4S2/c1-16-7-5-3-4-6-13-10-8-9(12)14-11(15-10)17-2/h8H,3-7H2,1-2H3,(H3,12,13,14,15). The van der Waals surface area contributed by atoms with Gasteiger partial charge < -0.3 is 11.1 Å². The summed E-state index contributed by atoms with van der Waals surface area (Å²) in [5, 5.41) is 4.00. The van der Waals surface area contributed by atoms with Gasteiger partial charge in [0.15, 0.2) is 5.16 Å². The van der Waals surface area contributed by atoms with Crippen molar-refractivity contribution in [1.29, 1.82) is 0 Å². The van der Waals surface area contributed by atoms with Gasteiger partial charge in [0.1, 0.15) is 11.6 Å². The van der Waals surface area contributed by atoms with E-state index < -0.39 is 0 Å². The van der Waals surface area contributed by atoms with Gasteiger partial charge in [-0.1, -0.05) is 18.2 Å². The van der Waals surface area contributed by atoms with Crippen molar-refractivity contribution in [3.8, 4) is 0 Å². The molecule has 0 saturated heterocycles. The van der Waals surface area contributed by atoms with E-state index in [1.54, 1.807) is 6.07 Å². The molecule has 0 saturated carbocycles. The highest BCUT2D eigenvalue weighted by molar-refractivity contribution is 7.98. The molecule has 96 valence electrons. The number of nitrogens with one attached hydrogen (secondary N) is 1. The highest BCUT2D eigenvalue weighted by Gasteiger charge is 2.00. The minimum absolute atomic E-state index is 0.522. The van der Waals surface area contributed by atoms with Gasteiger partial charge >= 0.3 is 0 Å². The van der Waals surface area contributed by atoms with Crippen LogP contribution in [0.25, 0.3) is 0 Å². The molecule has 0 atom stereocenters. The molecule has 1 heterocycles. The molecule has 1 aromatic rings. The minimum atomic E-state index is 0.522. The first-order valence-corrected chi connectivity index (χ1v) is 8.29. The van der Waals surface area contributed by atoms with Gasteiger partial charge in [0.25, 0.3) is 0 Å². The first-order valence-electron chi connectivity index (χ1n) is 5.67. The van der Waals surface area contributed by atoms with Crippen molar-refractivity contribution in [2.24, 2.45) is 0 Å². The molecule has 0 aromatic carbocycles. The maximum atomic E-state index is 5.70. The number of anilines is 2. The fraction of sp³-hybridized carbons (Fsp3) is 0.636. The van der Waals surface area contributed by atoms with Crippen LogP contribution in [0, 0.1) is 0 Å². The zero-order valence-electron chi connectivity index (χ0n) is 10.4. The van der Waals surface area contributed by atoms with Gasteiger partial charge in [-0.25, -0.2) is 9.97 Å². The first kappa shape index (κ1) is 14.4. The smallest absolute Gasteiger partial charge is 0.191 e. The third kappa shape index (κ3) is 6.02. The monoisotopic (exact) mass is 272 g/mol. The molecule has 1 rings (SSSR count). The Kier molecular flexibility index (Phi) is 7.19. The van der Waals surface area contributed by atoms with Gasteiger partial charge in [0.2, 0.25) is 0 Å². The molecule has 0 unspecified atom stereocenters. The Balaban J connectivity index is 2.28. The van der Waals surface area contributed by atoms with Crippen LogP contribution in [-0.2, 0) is 0 Å². The molecular weight excluding hydrogens is 252 g/mol. The van der Waals surface area contributed by atoms with Crippen LogP contribution < -0.4 is 11.1 Å². The van der Waals surface area contributed by atoms with Crippen molar-refractivity contribution in [3.63, 3.8) is 0 Å². The summed E-state index contributed by atoms with van der Waals surface area (Å²) in [5.74, 6) is 2.60. The van der Waals surface area contributed by atoms with Gasteiger partial charge in [0, 0.05) is 12.6 Å². The molecule has 0 amide bonds. The molecule has 17 heavy (non-hydrogen) atoms. The van der Waals surface area contributed by atoms with Crippen LogP contribution in [0.2, 0.25) is 0 Å². The molecule has 0 aliphatic heterocycles. The lowest BCUT2D eigenvalue weighted by Crippen LogP contribution is -2.06. The minimum Gasteiger partial charge on any atom is -0.383 e. The van der Waals surface area contributed by atoms with Crippen LogP contribution in [0.15, 0.2) is 11.2 Å². The quantitative estimate of drug-likeness (QED) is 0.431. The van der Waals surface area contributed by atoms with Crippen LogP contribution in [0.3, 0.4) is 0 Å². The predicted molar refractivity (Wildman–Crippen MR) is 78.9 cm³/mol. The molecule has 4 nitrogen and oxygen atoms in total. The molecule has 0 bridgehead atoms.